The van der Waals surface area contributed by atoms with Crippen molar-refractivity contribution in [1.82, 2.24) is 9.55 Å². The van der Waals surface area contributed by atoms with Crippen LogP contribution in [0.1, 0.15) is 26.3 Å². The monoisotopic (exact) mass is 428 g/mol. The van der Waals surface area contributed by atoms with Gasteiger partial charge in [-0.05, 0) is 41.3 Å². The highest BCUT2D eigenvalue weighted by Gasteiger charge is 2.14. The topological polar surface area (TPSA) is 53.4 Å². The lowest BCUT2D eigenvalue weighted by Crippen LogP contribution is -2.21. The highest BCUT2D eigenvalue weighted by atomic mass is 32.2. The van der Waals surface area contributed by atoms with Gasteiger partial charge in [0.25, 0.3) is 0 Å². The zero-order valence-corrected chi connectivity index (χ0v) is 18.3. The first-order valence-corrected chi connectivity index (χ1v) is 10.5. The molecule has 3 rings (SSSR count). The van der Waals surface area contributed by atoms with Crippen LogP contribution < -0.4 is 15.2 Å². The molecular formula is C23H25FN2O3S. The van der Waals surface area contributed by atoms with E-state index in [1.54, 1.807) is 49.7 Å². The van der Waals surface area contributed by atoms with Gasteiger partial charge in [0.1, 0.15) is 10.8 Å². The third-order valence-corrected chi connectivity index (χ3v) is 5.16. The molecule has 0 radical (unpaired) electrons. The predicted octanol–water partition coefficient (Wildman–Crippen LogP) is 5.10. The van der Waals surface area contributed by atoms with Gasteiger partial charge in [-0.3, -0.25) is 4.57 Å². The van der Waals surface area contributed by atoms with Crippen LogP contribution in [0.4, 0.5) is 4.39 Å². The van der Waals surface area contributed by atoms with Crippen molar-refractivity contribution in [2.24, 2.45) is 5.41 Å². The Morgan fingerprint density at radius 1 is 1.07 bits per heavy atom. The Morgan fingerprint density at radius 2 is 1.80 bits per heavy atom. The summed E-state index contributed by atoms with van der Waals surface area (Å²) in [5.74, 6) is 1.52. The lowest BCUT2D eigenvalue weighted by Gasteiger charge is -2.20. The summed E-state index contributed by atoms with van der Waals surface area (Å²) >= 11 is 1.42. The van der Waals surface area contributed by atoms with Crippen LogP contribution in [-0.4, -0.2) is 23.3 Å². The van der Waals surface area contributed by atoms with Crippen LogP contribution >= 0.6 is 11.8 Å². The molecule has 2 aromatic carbocycles. The van der Waals surface area contributed by atoms with Gasteiger partial charge >= 0.3 is 5.69 Å². The van der Waals surface area contributed by atoms with Gasteiger partial charge in [0.05, 0.1) is 19.4 Å². The largest absolute Gasteiger partial charge is 0.493 e. The summed E-state index contributed by atoms with van der Waals surface area (Å²) in [7, 11) is 1.57. The molecule has 0 aliphatic carbocycles. The van der Waals surface area contributed by atoms with E-state index in [1.165, 1.54) is 28.5 Å². The van der Waals surface area contributed by atoms with Crippen molar-refractivity contribution in [1.29, 1.82) is 0 Å². The molecule has 30 heavy (non-hydrogen) atoms. The smallest absolute Gasteiger partial charge is 0.353 e. The van der Waals surface area contributed by atoms with Gasteiger partial charge in [0.15, 0.2) is 11.5 Å². The maximum atomic E-state index is 13.0. The van der Waals surface area contributed by atoms with Crippen molar-refractivity contribution in [3.63, 3.8) is 0 Å². The van der Waals surface area contributed by atoms with Crippen LogP contribution in [0.5, 0.6) is 11.5 Å². The summed E-state index contributed by atoms with van der Waals surface area (Å²) in [5.41, 5.74) is 1.24. The molecule has 158 valence electrons. The number of hydrogen-bond donors (Lipinski definition) is 0. The van der Waals surface area contributed by atoms with E-state index in [2.05, 4.69) is 25.8 Å². The molecule has 0 fully saturated rings. The molecular weight excluding hydrogens is 403 g/mol. The van der Waals surface area contributed by atoms with Crippen LogP contribution in [0.25, 0.3) is 5.69 Å². The van der Waals surface area contributed by atoms with Gasteiger partial charge in [-0.15, -0.1) is 11.8 Å². The second kappa shape index (κ2) is 9.34. The molecule has 0 saturated heterocycles. The summed E-state index contributed by atoms with van der Waals surface area (Å²) in [6.07, 6.45) is 1.69. The predicted molar refractivity (Wildman–Crippen MR) is 117 cm³/mol. The number of halogens is 1. The number of nitrogens with zero attached hydrogens (tertiary/aromatic N) is 2. The summed E-state index contributed by atoms with van der Waals surface area (Å²) in [6.45, 7) is 6.82. The molecule has 0 saturated carbocycles. The fourth-order valence-electron chi connectivity index (χ4n) is 2.62. The highest BCUT2D eigenvalue weighted by molar-refractivity contribution is 7.98. The quantitative estimate of drug-likeness (QED) is 0.387. The van der Waals surface area contributed by atoms with Crippen molar-refractivity contribution < 1.29 is 13.9 Å². The van der Waals surface area contributed by atoms with Crippen LogP contribution in [0.3, 0.4) is 0 Å². The Hall–Kier alpha value is -2.80. The van der Waals surface area contributed by atoms with Gasteiger partial charge in [-0.25, -0.2) is 9.18 Å². The number of methoxy groups -OCH3 is 1. The average Bonchev–Trinajstić information content (AvgIpc) is 2.71. The molecule has 0 amide bonds. The molecule has 0 spiro atoms. The summed E-state index contributed by atoms with van der Waals surface area (Å²) in [6, 6.07) is 13.4. The number of aromatic nitrogens is 2. The first-order chi connectivity index (χ1) is 14.2. The fraction of sp³-hybridized carbons (Fsp3) is 0.304. The zero-order chi connectivity index (χ0) is 21.7. The molecule has 1 aromatic heterocycles. The van der Waals surface area contributed by atoms with E-state index < -0.39 is 0 Å². The highest BCUT2D eigenvalue weighted by Crippen LogP contribution is 2.31. The third-order valence-electron chi connectivity index (χ3n) is 4.16. The second-order valence-corrected chi connectivity index (χ2v) is 9.01. The van der Waals surface area contributed by atoms with Crippen LogP contribution in [0.15, 0.2) is 64.5 Å². The number of rotatable bonds is 7. The first-order valence-electron chi connectivity index (χ1n) is 9.53. The Balaban J connectivity index is 1.75. The van der Waals surface area contributed by atoms with Crippen molar-refractivity contribution in [3.8, 4) is 17.2 Å². The van der Waals surface area contributed by atoms with Crippen molar-refractivity contribution in [2.75, 3.05) is 13.7 Å². The molecule has 7 heteroatoms. The third kappa shape index (κ3) is 5.86. The van der Waals surface area contributed by atoms with E-state index >= 15 is 0 Å². The summed E-state index contributed by atoms with van der Waals surface area (Å²) in [5, 5.41) is 0.609. The summed E-state index contributed by atoms with van der Waals surface area (Å²) in [4.78, 5) is 16.7. The van der Waals surface area contributed by atoms with E-state index in [0.717, 1.165) is 5.56 Å². The Morgan fingerprint density at radius 3 is 2.43 bits per heavy atom. The second-order valence-electron chi connectivity index (χ2n) is 8.02. The molecule has 0 aliphatic heterocycles. The average molecular weight is 429 g/mol. The fourth-order valence-corrected chi connectivity index (χ4v) is 3.43. The van der Waals surface area contributed by atoms with Crippen molar-refractivity contribution >= 4 is 11.8 Å². The molecule has 0 aliphatic rings. The molecule has 0 atom stereocenters. The van der Waals surface area contributed by atoms with E-state index in [4.69, 9.17) is 9.47 Å². The molecule has 1 heterocycles. The van der Waals surface area contributed by atoms with Gasteiger partial charge in [-0.1, -0.05) is 32.9 Å². The first kappa shape index (κ1) is 21.9. The normalized spacial score (nSPS) is 11.4. The maximum Gasteiger partial charge on any atom is 0.353 e. The van der Waals surface area contributed by atoms with E-state index in [9.17, 15) is 9.18 Å². The van der Waals surface area contributed by atoms with Crippen molar-refractivity contribution in [2.45, 2.75) is 31.6 Å². The number of hydrogen-bond acceptors (Lipinski definition) is 5. The van der Waals surface area contributed by atoms with Crippen molar-refractivity contribution in [3.05, 3.63) is 76.6 Å². The molecule has 0 N–H and O–H groups in total. The van der Waals surface area contributed by atoms with E-state index in [0.29, 0.717) is 34.6 Å². The minimum absolute atomic E-state index is 0.0198. The molecule has 5 nitrogen and oxygen atoms in total. The molecule has 0 bridgehead atoms. The van der Waals surface area contributed by atoms with Gasteiger partial charge in [0.2, 0.25) is 0 Å². The number of ether oxygens (including phenoxy) is 2. The van der Waals surface area contributed by atoms with E-state index in [-0.39, 0.29) is 16.9 Å². The minimum atomic E-state index is -0.385. The van der Waals surface area contributed by atoms with Crippen LogP contribution in [0, 0.1) is 11.2 Å². The van der Waals surface area contributed by atoms with Crippen LogP contribution in [0.2, 0.25) is 0 Å². The summed E-state index contributed by atoms with van der Waals surface area (Å²) < 4.78 is 25.8. The lowest BCUT2D eigenvalue weighted by atomic mass is 9.99. The molecule has 0 unspecified atom stereocenters. The number of thioether (sulfide) groups is 1. The standard InChI is InChI=1S/C23H25FN2O3S/c1-23(2,3)15-29-19-10-9-18(13-20(19)28-4)26-12-11-21(25-22(26)27)30-14-16-5-7-17(24)8-6-16/h5-13H,14-15H2,1-4H3. The minimum Gasteiger partial charge on any atom is -0.493 e. The maximum absolute atomic E-state index is 13.0. The SMILES string of the molecule is COc1cc(-n2ccc(SCc3ccc(F)cc3)nc2=O)ccc1OCC(C)(C)C. The van der Waals surface area contributed by atoms with Gasteiger partial charge in [-0.2, -0.15) is 4.98 Å². The molecule has 3 aromatic rings. The number of benzene rings is 2. The lowest BCUT2D eigenvalue weighted by molar-refractivity contribution is 0.191. The Kier molecular flexibility index (Phi) is 6.82. The van der Waals surface area contributed by atoms with Gasteiger partial charge in [0, 0.05) is 18.0 Å². The zero-order valence-electron chi connectivity index (χ0n) is 17.5. The van der Waals surface area contributed by atoms with E-state index in [1.807, 2.05) is 0 Å². The Labute approximate surface area is 179 Å². The Bertz CT molecular complexity index is 1060. The van der Waals surface area contributed by atoms with Crippen LogP contribution in [-0.2, 0) is 5.75 Å². The van der Waals surface area contributed by atoms with Gasteiger partial charge < -0.3 is 9.47 Å².